The Morgan fingerprint density at radius 2 is 2.00 bits per heavy atom. The molecule has 1 N–H and O–H groups in total. The molecule has 0 aliphatic carbocycles. The third-order valence-corrected chi connectivity index (χ3v) is 6.80. The molecule has 0 saturated heterocycles. The highest BCUT2D eigenvalue weighted by Gasteiger charge is 2.45. The lowest BCUT2D eigenvalue weighted by atomic mass is 9.98. The minimum atomic E-state index is -0.892. The first-order chi connectivity index (χ1) is 16.3. The van der Waals surface area contributed by atoms with Crippen molar-refractivity contribution in [2.45, 2.75) is 26.8 Å². The Kier molecular flexibility index (Phi) is 5.21. The van der Waals surface area contributed by atoms with E-state index in [-0.39, 0.29) is 39.1 Å². The molecule has 3 heterocycles. The number of fused-ring (bicyclic) bond motifs is 2. The maximum absolute atomic E-state index is 13.6. The second-order valence-corrected chi connectivity index (χ2v) is 8.96. The molecule has 1 atom stereocenters. The zero-order valence-electron chi connectivity index (χ0n) is 18.6. The molecule has 5 rings (SSSR count). The van der Waals surface area contributed by atoms with Gasteiger partial charge < -0.3 is 14.3 Å². The molecule has 0 radical (unpaired) electrons. The van der Waals surface area contributed by atoms with Crippen LogP contribution >= 0.6 is 11.3 Å². The molecule has 34 heavy (non-hydrogen) atoms. The first kappa shape index (κ1) is 21.8. The normalized spacial score (nSPS) is 15.1. The van der Waals surface area contributed by atoms with Crippen molar-refractivity contribution in [1.29, 1.82) is 0 Å². The van der Waals surface area contributed by atoms with Crippen molar-refractivity contribution in [3.05, 3.63) is 85.7 Å². The molecule has 1 amide bonds. The number of carbonyl (C=O) groups excluding carboxylic acids is 2. The number of phenolic OH excluding ortho intramolecular Hbond substituents is 1. The minimum absolute atomic E-state index is 0.0121. The van der Waals surface area contributed by atoms with Gasteiger partial charge in [0.1, 0.15) is 16.2 Å². The van der Waals surface area contributed by atoms with E-state index in [2.05, 4.69) is 4.98 Å². The van der Waals surface area contributed by atoms with Crippen molar-refractivity contribution < 1.29 is 23.8 Å². The fourth-order valence-corrected chi connectivity index (χ4v) is 5.15. The van der Waals surface area contributed by atoms with E-state index in [1.807, 2.05) is 6.92 Å². The largest absolute Gasteiger partial charge is 0.508 e. The number of ether oxygens (including phenoxy) is 1. The van der Waals surface area contributed by atoms with E-state index < -0.39 is 17.9 Å². The SMILES string of the molecule is CCOC(=O)c1sc(N2C(=O)c3oc4ccc(C)cc4c(=O)c3[C@H]2c2cccc(O)c2)nc1C. The zero-order chi connectivity index (χ0) is 24.1. The first-order valence-corrected chi connectivity index (χ1v) is 11.5. The van der Waals surface area contributed by atoms with Crippen molar-refractivity contribution in [2.24, 2.45) is 0 Å². The van der Waals surface area contributed by atoms with Crippen LogP contribution in [0.4, 0.5) is 5.13 Å². The van der Waals surface area contributed by atoms with Crippen LogP contribution in [0.1, 0.15) is 55.6 Å². The lowest BCUT2D eigenvalue weighted by Gasteiger charge is -2.22. The predicted octanol–water partition coefficient (Wildman–Crippen LogP) is 4.50. The Hall–Kier alpha value is -3.98. The van der Waals surface area contributed by atoms with Crippen molar-refractivity contribution in [3.63, 3.8) is 0 Å². The van der Waals surface area contributed by atoms with Gasteiger partial charge in [-0.25, -0.2) is 9.78 Å². The molecule has 4 aromatic rings. The second kappa shape index (κ2) is 8.11. The summed E-state index contributed by atoms with van der Waals surface area (Å²) < 4.78 is 11.1. The number of aryl methyl sites for hydroxylation is 2. The number of anilines is 1. The number of phenols is 1. The van der Waals surface area contributed by atoms with Gasteiger partial charge in [-0.05, 0) is 50.6 Å². The van der Waals surface area contributed by atoms with Gasteiger partial charge in [-0.1, -0.05) is 35.1 Å². The Morgan fingerprint density at radius 1 is 1.21 bits per heavy atom. The number of thiazole rings is 1. The highest BCUT2D eigenvalue weighted by molar-refractivity contribution is 7.17. The van der Waals surface area contributed by atoms with E-state index in [4.69, 9.17) is 9.15 Å². The van der Waals surface area contributed by atoms with E-state index in [1.165, 1.54) is 17.0 Å². The van der Waals surface area contributed by atoms with Crippen molar-refractivity contribution in [1.82, 2.24) is 4.98 Å². The monoisotopic (exact) mass is 476 g/mol. The summed E-state index contributed by atoms with van der Waals surface area (Å²) in [6.07, 6.45) is 0. The number of aromatic hydroxyl groups is 1. The van der Waals surface area contributed by atoms with Gasteiger partial charge in [0.25, 0.3) is 5.91 Å². The van der Waals surface area contributed by atoms with E-state index in [1.54, 1.807) is 44.2 Å². The number of hydrogen-bond acceptors (Lipinski definition) is 8. The molecule has 2 aromatic carbocycles. The summed E-state index contributed by atoms with van der Waals surface area (Å²) >= 11 is 1.01. The van der Waals surface area contributed by atoms with Crippen LogP contribution < -0.4 is 10.3 Å². The van der Waals surface area contributed by atoms with Crippen LogP contribution in [-0.2, 0) is 4.74 Å². The standard InChI is InChI=1S/C25H20N2O6S/c1-4-32-24(31)22-13(3)26-25(34-22)27-19(14-6-5-7-15(28)11-14)18-20(29)16-10-12(2)8-9-17(16)33-21(18)23(27)30/h5-11,19,28H,4H2,1-3H3/t19-/m1/s1. The number of rotatable bonds is 4. The summed E-state index contributed by atoms with van der Waals surface area (Å²) in [5, 5.41) is 10.7. The van der Waals surface area contributed by atoms with Crippen LogP contribution in [0.3, 0.4) is 0 Å². The molecule has 0 unspecified atom stereocenters. The van der Waals surface area contributed by atoms with Crippen molar-refractivity contribution in [2.75, 3.05) is 11.5 Å². The number of benzene rings is 2. The van der Waals surface area contributed by atoms with Gasteiger partial charge in [0.05, 0.1) is 29.3 Å². The molecule has 8 nitrogen and oxygen atoms in total. The minimum Gasteiger partial charge on any atom is -0.508 e. The lowest BCUT2D eigenvalue weighted by Crippen LogP contribution is -2.29. The number of nitrogens with zero attached hydrogens (tertiary/aromatic N) is 2. The smallest absolute Gasteiger partial charge is 0.350 e. The quantitative estimate of drug-likeness (QED) is 0.432. The Balaban J connectivity index is 1.76. The van der Waals surface area contributed by atoms with E-state index in [9.17, 15) is 19.5 Å². The van der Waals surface area contributed by atoms with Crippen LogP contribution in [-0.4, -0.2) is 28.6 Å². The maximum atomic E-state index is 13.6. The Morgan fingerprint density at radius 3 is 2.74 bits per heavy atom. The van der Waals surface area contributed by atoms with Crippen LogP contribution in [0.5, 0.6) is 5.75 Å². The summed E-state index contributed by atoms with van der Waals surface area (Å²) in [4.78, 5) is 45.7. The molecule has 2 aromatic heterocycles. The average Bonchev–Trinajstić information content (AvgIpc) is 3.32. The number of aromatic nitrogens is 1. The van der Waals surface area contributed by atoms with Gasteiger partial charge in [0.2, 0.25) is 5.76 Å². The molecule has 0 fully saturated rings. The molecule has 0 saturated carbocycles. The number of esters is 1. The fourth-order valence-electron chi connectivity index (χ4n) is 4.17. The van der Waals surface area contributed by atoms with Crippen LogP contribution in [0.15, 0.2) is 51.7 Å². The summed E-state index contributed by atoms with van der Waals surface area (Å²) in [6.45, 7) is 5.43. The third-order valence-electron chi connectivity index (χ3n) is 5.66. The van der Waals surface area contributed by atoms with E-state index in [0.29, 0.717) is 22.2 Å². The number of carbonyl (C=O) groups is 2. The molecular weight excluding hydrogens is 456 g/mol. The molecule has 1 aliphatic rings. The predicted molar refractivity (Wildman–Crippen MR) is 127 cm³/mol. The number of hydrogen-bond donors (Lipinski definition) is 1. The van der Waals surface area contributed by atoms with E-state index >= 15 is 0 Å². The van der Waals surface area contributed by atoms with Crippen molar-refractivity contribution in [3.8, 4) is 5.75 Å². The second-order valence-electron chi connectivity index (χ2n) is 7.98. The highest BCUT2D eigenvalue weighted by Crippen LogP contribution is 2.43. The first-order valence-electron chi connectivity index (χ1n) is 10.6. The van der Waals surface area contributed by atoms with Crippen LogP contribution in [0, 0.1) is 13.8 Å². The van der Waals surface area contributed by atoms with E-state index in [0.717, 1.165) is 16.9 Å². The Labute approximate surface area is 198 Å². The Bertz CT molecular complexity index is 1540. The summed E-state index contributed by atoms with van der Waals surface area (Å²) in [6, 6.07) is 10.6. The number of amides is 1. The van der Waals surface area contributed by atoms with Gasteiger partial charge in [-0.15, -0.1) is 0 Å². The summed E-state index contributed by atoms with van der Waals surface area (Å²) in [5.41, 5.74) is 1.95. The molecule has 9 heteroatoms. The van der Waals surface area contributed by atoms with Crippen molar-refractivity contribution >= 4 is 39.3 Å². The van der Waals surface area contributed by atoms with Crippen LogP contribution in [0.25, 0.3) is 11.0 Å². The average molecular weight is 477 g/mol. The van der Waals surface area contributed by atoms with Gasteiger partial charge in [0.15, 0.2) is 10.6 Å². The summed E-state index contributed by atoms with van der Waals surface area (Å²) in [5.74, 6) is -1.17. The van der Waals surface area contributed by atoms with Gasteiger partial charge in [-0.2, -0.15) is 0 Å². The molecule has 172 valence electrons. The zero-order valence-corrected chi connectivity index (χ0v) is 19.4. The van der Waals surface area contributed by atoms with Gasteiger partial charge in [0, 0.05) is 0 Å². The lowest BCUT2D eigenvalue weighted by molar-refractivity contribution is 0.0531. The molecule has 0 spiro atoms. The molecule has 0 bridgehead atoms. The third kappa shape index (κ3) is 3.36. The molecular formula is C25H20N2O6S. The van der Waals surface area contributed by atoms with Gasteiger partial charge in [-0.3, -0.25) is 14.5 Å². The molecule has 1 aliphatic heterocycles. The summed E-state index contributed by atoms with van der Waals surface area (Å²) in [7, 11) is 0. The fraction of sp³-hybridized carbons (Fsp3) is 0.200. The maximum Gasteiger partial charge on any atom is 0.350 e. The van der Waals surface area contributed by atoms with Crippen LogP contribution in [0.2, 0.25) is 0 Å². The van der Waals surface area contributed by atoms with Gasteiger partial charge >= 0.3 is 5.97 Å². The highest BCUT2D eigenvalue weighted by atomic mass is 32.1. The topological polar surface area (TPSA) is 110 Å².